The van der Waals surface area contributed by atoms with Gasteiger partial charge >= 0.3 is 0 Å². The van der Waals surface area contributed by atoms with Gasteiger partial charge in [-0.1, -0.05) is 19.8 Å². The monoisotopic (exact) mass is 400 g/mol. The lowest BCUT2D eigenvalue weighted by Crippen LogP contribution is -2.67. The van der Waals surface area contributed by atoms with Gasteiger partial charge in [-0.25, -0.2) is 9.97 Å². The molecule has 4 N–H and O–H groups in total. The van der Waals surface area contributed by atoms with E-state index in [1.807, 2.05) is 11.8 Å². The van der Waals surface area contributed by atoms with Gasteiger partial charge in [0, 0.05) is 19.3 Å². The first-order chi connectivity index (χ1) is 13.9. The van der Waals surface area contributed by atoms with Crippen molar-refractivity contribution in [3.8, 4) is 0 Å². The van der Waals surface area contributed by atoms with Crippen LogP contribution in [-0.2, 0) is 4.74 Å². The second kappa shape index (κ2) is 7.38. The van der Waals surface area contributed by atoms with E-state index in [4.69, 9.17) is 10.5 Å². The number of hydrogen-bond acceptors (Lipinski definition) is 8. The Morgan fingerprint density at radius 2 is 2.17 bits per heavy atom. The number of nitrogens with zero attached hydrogens (tertiary/aromatic N) is 4. The second-order valence-electron chi connectivity index (χ2n) is 8.62. The topological polar surface area (TPSA) is 126 Å². The predicted molar refractivity (Wildman–Crippen MR) is 110 cm³/mol. The van der Waals surface area contributed by atoms with Gasteiger partial charge in [-0.05, 0) is 19.4 Å². The van der Waals surface area contributed by atoms with Crippen molar-refractivity contribution in [1.82, 2.24) is 19.9 Å². The number of carbonyl (C=O) groups is 1. The zero-order chi connectivity index (χ0) is 20.6. The minimum atomic E-state index is -0.545. The fourth-order valence-electron chi connectivity index (χ4n) is 3.94. The van der Waals surface area contributed by atoms with Crippen LogP contribution in [0, 0.1) is 5.41 Å². The van der Waals surface area contributed by atoms with Crippen LogP contribution in [-0.4, -0.2) is 69.3 Å². The zero-order valence-electron chi connectivity index (χ0n) is 16.9. The van der Waals surface area contributed by atoms with E-state index >= 15 is 0 Å². The molecule has 2 aromatic rings. The second-order valence-corrected chi connectivity index (χ2v) is 8.62. The summed E-state index contributed by atoms with van der Waals surface area (Å²) in [6.45, 7) is 6.89. The van der Waals surface area contributed by atoms with Crippen LogP contribution in [0.25, 0.3) is 11.0 Å². The molecule has 0 aliphatic carbocycles. The lowest BCUT2D eigenvalue weighted by atomic mass is 9.78. The molecule has 0 saturated carbocycles. The average Bonchev–Trinajstić information content (AvgIpc) is 2.63. The predicted octanol–water partition coefficient (Wildman–Crippen LogP) is 1.43. The Balaban J connectivity index is 1.58. The molecule has 2 aliphatic rings. The molecule has 0 bridgehead atoms. The van der Waals surface area contributed by atoms with E-state index in [1.165, 1.54) is 0 Å². The first-order valence-corrected chi connectivity index (χ1v) is 10.1. The molecule has 0 unspecified atom stereocenters. The fraction of sp³-hybridized carbons (Fsp3) is 0.600. The minimum absolute atomic E-state index is 0.0462. The molecule has 9 nitrogen and oxygen atoms in total. The Morgan fingerprint density at radius 3 is 2.79 bits per heavy atom. The Bertz CT molecular complexity index is 924. The van der Waals surface area contributed by atoms with Crippen molar-refractivity contribution < 1.29 is 14.6 Å². The van der Waals surface area contributed by atoms with Crippen LogP contribution in [0.4, 0.5) is 11.8 Å². The molecule has 9 heteroatoms. The van der Waals surface area contributed by atoms with Gasteiger partial charge in [0.05, 0.1) is 41.9 Å². The molecule has 0 aromatic carbocycles. The number of unbranched alkanes of at least 4 members (excludes halogenated alkanes) is 1. The maximum atomic E-state index is 12.8. The van der Waals surface area contributed by atoms with Crippen molar-refractivity contribution in [3.63, 3.8) is 0 Å². The third-order valence-corrected chi connectivity index (χ3v) is 5.81. The number of aliphatic hydroxyl groups is 1. The number of rotatable bonds is 7. The largest absolute Gasteiger partial charge is 0.394 e. The maximum absolute atomic E-state index is 12.8. The summed E-state index contributed by atoms with van der Waals surface area (Å²) in [5.41, 5.74) is 7.04. The highest BCUT2D eigenvalue weighted by Crippen LogP contribution is 2.38. The van der Waals surface area contributed by atoms with Crippen molar-refractivity contribution in [2.24, 2.45) is 5.41 Å². The maximum Gasteiger partial charge on any atom is 0.255 e. The van der Waals surface area contributed by atoms with Gasteiger partial charge in [-0.2, -0.15) is 4.98 Å². The van der Waals surface area contributed by atoms with Crippen molar-refractivity contribution in [1.29, 1.82) is 0 Å². The SMILES string of the molecule is CCCC[C@](C)(CO)Nc1nc(N)nc2cc(C(=O)N3CC4(COC4)C3)cnc12. The molecule has 29 heavy (non-hydrogen) atoms. The van der Waals surface area contributed by atoms with Gasteiger partial charge in [0.15, 0.2) is 5.82 Å². The number of nitrogens with two attached hydrogens (primary N) is 1. The van der Waals surface area contributed by atoms with E-state index in [1.54, 1.807) is 12.3 Å². The van der Waals surface area contributed by atoms with Crippen LogP contribution in [0.2, 0.25) is 0 Å². The Morgan fingerprint density at radius 1 is 1.41 bits per heavy atom. The highest BCUT2D eigenvalue weighted by atomic mass is 16.5. The minimum Gasteiger partial charge on any atom is -0.394 e. The van der Waals surface area contributed by atoms with Gasteiger partial charge in [-0.15, -0.1) is 0 Å². The van der Waals surface area contributed by atoms with Gasteiger partial charge in [-0.3, -0.25) is 4.79 Å². The number of pyridine rings is 1. The number of aliphatic hydroxyl groups excluding tert-OH is 1. The van der Waals surface area contributed by atoms with Crippen molar-refractivity contribution >= 4 is 28.7 Å². The molecule has 4 rings (SSSR count). The summed E-state index contributed by atoms with van der Waals surface area (Å²) in [5.74, 6) is 0.497. The molecule has 0 radical (unpaired) electrons. The summed E-state index contributed by atoms with van der Waals surface area (Å²) in [6.07, 6.45) is 4.33. The van der Waals surface area contributed by atoms with E-state index < -0.39 is 5.54 Å². The first-order valence-electron chi connectivity index (χ1n) is 10.1. The number of nitrogens with one attached hydrogen (secondary N) is 1. The molecular weight excluding hydrogens is 372 g/mol. The fourth-order valence-corrected chi connectivity index (χ4v) is 3.94. The summed E-state index contributed by atoms with van der Waals surface area (Å²) < 4.78 is 5.27. The molecule has 156 valence electrons. The van der Waals surface area contributed by atoms with Gasteiger partial charge < -0.3 is 25.8 Å². The molecule has 2 saturated heterocycles. The Labute approximate surface area is 169 Å². The number of fused-ring (bicyclic) bond motifs is 1. The molecule has 1 spiro atoms. The highest BCUT2D eigenvalue weighted by Gasteiger charge is 2.50. The zero-order valence-corrected chi connectivity index (χ0v) is 16.9. The molecule has 1 amide bonds. The van der Waals surface area contributed by atoms with E-state index in [9.17, 15) is 9.90 Å². The smallest absolute Gasteiger partial charge is 0.255 e. The Kier molecular flexibility index (Phi) is 5.04. The van der Waals surface area contributed by atoms with Crippen LogP contribution >= 0.6 is 0 Å². The summed E-state index contributed by atoms with van der Waals surface area (Å²) in [7, 11) is 0. The molecule has 1 atom stereocenters. The van der Waals surface area contributed by atoms with E-state index in [0.29, 0.717) is 22.4 Å². The molecule has 4 heterocycles. The number of ether oxygens (including phenoxy) is 1. The number of aromatic nitrogens is 3. The van der Waals surface area contributed by atoms with Crippen molar-refractivity contribution in [3.05, 3.63) is 17.8 Å². The quantitative estimate of drug-likeness (QED) is 0.637. The van der Waals surface area contributed by atoms with Crippen LogP contribution in [0.1, 0.15) is 43.5 Å². The number of amides is 1. The van der Waals surface area contributed by atoms with Crippen LogP contribution in [0.5, 0.6) is 0 Å². The van der Waals surface area contributed by atoms with Crippen molar-refractivity contribution in [2.45, 2.75) is 38.6 Å². The molecule has 2 aliphatic heterocycles. The normalized spacial score (nSPS) is 19.5. The lowest BCUT2D eigenvalue weighted by Gasteiger charge is -2.54. The summed E-state index contributed by atoms with van der Waals surface area (Å²) in [4.78, 5) is 27.6. The van der Waals surface area contributed by atoms with E-state index in [-0.39, 0.29) is 23.9 Å². The molecule has 2 fully saturated rings. The van der Waals surface area contributed by atoms with E-state index in [2.05, 4.69) is 27.2 Å². The number of hydrogen-bond donors (Lipinski definition) is 3. The van der Waals surface area contributed by atoms with Gasteiger partial charge in [0.1, 0.15) is 5.52 Å². The number of carbonyl (C=O) groups excluding carboxylic acids is 1. The summed E-state index contributed by atoms with van der Waals surface area (Å²) >= 11 is 0. The van der Waals surface area contributed by atoms with Crippen LogP contribution in [0.3, 0.4) is 0 Å². The number of likely N-dealkylation sites (tertiary alicyclic amines) is 1. The van der Waals surface area contributed by atoms with Crippen LogP contribution in [0.15, 0.2) is 12.3 Å². The number of nitrogen functional groups attached to an aromatic ring is 1. The molecular formula is C20H28N6O3. The first kappa shape index (κ1) is 19.8. The third kappa shape index (κ3) is 3.72. The third-order valence-electron chi connectivity index (χ3n) is 5.81. The standard InChI is InChI=1S/C20H28N6O3/c1-3-4-5-19(2,10-27)25-16-15-14(23-18(21)24-16)6-13(7-22-15)17(28)26-8-20(9-26)11-29-12-20/h6-7,27H,3-5,8-12H2,1-2H3,(H3,21,23,24,25)/t19-/m1/s1. The molecule has 2 aromatic heterocycles. The number of anilines is 2. The van der Waals surface area contributed by atoms with Gasteiger partial charge in [0.25, 0.3) is 5.91 Å². The summed E-state index contributed by atoms with van der Waals surface area (Å²) in [5, 5.41) is 13.2. The van der Waals surface area contributed by atoms with Crippen molar-refractivity contribution in [2.75, 3.05) is 44.0 Å². The van der Waals surface area contributed by atoms with Gasteiger partial charge in [0.2, 0.25) is 5.95 Å². The van der Waals surface area contributed by atoms with E-state index in [0.717, 1.165) is 45.6 Å². The highest BCUT2D eigenvalue weighted by molar-refractivity contribution is 5.98. The average molecular weight is 400 g/mol. The van der Waals surface area contributed by atoms with Crippen LogP contribution < -0.4 is 11.1 Å². The summed E-state index contributed by atoms with van der Waals surface area (Å²) in [6, 6.07) is 1.71. The lowest BCUT2D eigenvalue weighted by molar-refractivity contribution is -0.176. The Hall–Kier alpha value is -2.52.